The van der Waals surface area contributed by atoms with Crippen molar-refractivity contribution in [3.63, 3.8) is 0 Å². The van der Waals surface area contributed by atoms with Crippen molar-refractivity contribution in [2.45, 2.75) is 29.4 Å². The molecular formula is C25H20Cl2FN3O4S2. The molecule has 1 aromatic heterocycles. The minimum Gasteiger partial charge on any atom is -0.485 e. The molecule has 0 saturated carbocycles. The molecule has 37 heavy (non-hydrogen) atoms. The average molecular weight is 580 g/mol. The number of allylic oxidation sites excluding steroid dienone is 1. The smallest absolute Gasteiger partial charge is 0.353 e. The second-order valence-electron chi connectivity index (χ2n) is 8.53. The Kier molecular flexibility index (Phi) is 7.21. The fraction of sp³-hybridized carbons (Fsp3) is 0.240. The summed E-state index contributed by atoms with van der Waals surface area (Å²) >= 11 is 15.4. The second kappa shape index (κ2) is 10.3. The maximum Gasteiger partial charge on any atom is 0.353 e. The van der Waals surface area contributed by atoms with Crippen molar-refractivity contribution in [1.29, 1.82) is 5.41 Å². The number of nitrogens with zero attached hydrogens (tertiary/aromatic N) is 1. The molecule has 5 rings (SSSR count). The summed E-state index contributed by atoms with van der Waals surface area (Å²) < 4.78 is 26.2. The van der Waals surface area contributed by atoms with Crippen LogP contribution in [0.3, 0.4) is 0 Å². The van der Waals surface area contributed by atoms with Gasteiger partial charge in [0.25, 0.3) is 0 Å². The number of rotatable bonds is 7. The summed E-state index contributed by atoms with van der Waals surface area (Å²) in [6.45, 7) is 4.28. The lowest BCUT2D eigenvalue weighted by Gasteiger charge is -2.27. The highest BCUT2D eigenvalue weighted by molar-refractivity contribution is 8.01. The van der Waals surface area contributed by atoms with Gasteiger partial charge in [-0.15, -0.1) is 11.8 Å². The van der Waals surface area contributed by atoms with Gasteiger partial charge in [0.15, 0.2) is 5.13 Å². The molecule has 192 valence electrons. The third-order valence-corrected chi connectivity index (χ3v) is 8.85. The van der Waals surface area contributed by atoms with E-state index >= 15 is 0 Å². The number of anilines is 1. The maximum atomic E-state index is 14.5. The van der Waals surface area contributed by atoms with Gasteiger partial charge in [-0.3, -0.25) is 0 Å². The van der Waals surface area contributed by atoms with E-state index in [-0.39, 0.29) is 39.6 Å². The first-order valence-electron chi connectivity index (χ1n) is 11.1. The molecule has 2 aliphatic heterocycles. The third kappa shape index (κ3) is 5.21. The van der Waals surface area contributed by atoms with Crippen LogP contribution in [0.2, 0.25) is 10.0 Å². The number of aliphatic carboxylic acids is 1. The van der Waals surface area contributed by atoms with E-state index in [1.54, 1.807) is 17.8 Å². The maximum absolute atomic E-state index is 14.5. The van der Waals surface area contributed by atoms with Gasteiger partial charge in [-0.2, -0.15) is 0 Å². The highest BCUT2D eigenvalue weighted by Gasteiger charge is 2.29. The molecule has 0 spiro atoms. The molecular weight excluding hydrogens is 560 g/mol. The molecule has 1 fully saturated rings. The number of aromatic nitrogens is 1. The topological polar surface area (TPSA) is 105 Å². The molecule has 3 aromatic rings. The van der Waals surface area contributed by atoms with Gasteiger partial charge in [0, 0.05) is 28.2 Å². The zero-order valence-corrected chi connectivity index (χ0v) is 22.7. The van der Waals surface area contributed by atoms with Gasteiger partial charge in [-0.1, -0.05) is 34.5 Å². The molecule has 0 aliphatic carbocycles. The normalized spacial score (nSPS) is 17.3. The minimum absolute atomic E-state index is 0.0196. The number of carboxylic acid groups (broad SMARTS) is 1. The highest BCUT2D eigenvalue weighted by atomic mass is 35.5. The zero-order valence-electron chi connectivity index (χ0n) is 19.5. The molecule has 0 bridgehead atoms. The van der Waals surface area contributed by atoms with E-state index in [9.17, 15) is 14.3 Å². The Hall–Kier alpha value is -2.63. The average Bonchev–Trinajstić information content (AvgIpc) is 3.19. The van der Waals surface area contributed by atoms with Crippen LogP contribution in [0.1, 0.15) is 30.2 Å². The quantitative estimate of drug-likeness (QED) is 0.201. The van der Waals surface area contributed by atoms with Crippen molar-refractivity contribution >= 4 is 68.7 Å². The summed E-state index contributed by atoms with van der Waals surface area (Å²) in [4.78, 5) is 17.0. The van der Waals surface area contributed by atoms with E-state index in [4.69, 9.17) is 38.1 Å². The monoisotopic (exact) mass is 579 g/mol. The van der Waals surface area contributed by atoms with Gasteiger partial charge < -0.3 is 25.3 Å². The van der Waals surface area contributed by atoms with E-state index in [2.05, 4.69) is 10.3 Å². The minimum atomic E-state index is -1.31. The summed E-state index contributed by atoms with van der Waals surface area (Å²) in [5, 5.41) is 22.6. The number of thiazole rings is 1. The van der Waals surface area contributed by atoms with E-state index in [0.29, 0.717) is 34.1 Å². The Balaban J connectivity index is 1.56. The number of hydrogen-bond acceptors (Lipinski definition) is 8. The molecule has 2 aliphatic rings. The largest absolute Gasteiger partial charge is 0.485 e. The van der Waals surface area contributed by atoms with Crippen molar-refractivity contribution in [3.8, 4) is 17.0 Å². The molecule has 1 saturated heterocycles. The second-order valence-corrected chi connectivity index (χ2v) is 11.9. The van der Waals surface area contributed by atoms with E-state index in [1.165, 1.54) is 36.5 Å². The number of hydrogen-bond donors (Lipinski definition) is 3. The number of ether oxygens (including phenoxy) is 2. The molecule has 1 atom stereocenters. The van der Waals surface area contributed by atoms with Crippen molar-refractivity contribution in [1.82, 2.24) is 4.98 Å². The van der Waals surface area contributed by atoms with Crippen molar-refractivity contribution < 1.29 is 23.8 Å². The fourth-order valence-electron chi connectivity index (χ4n) is 4.07. The predicted octanol–water partition coefficient (Wildman–Crippen LogP) is 7.15. The summed E-state index contributed by atoms with van der Waals surface area (Å²) in [5.41, 5.74) is 2.34. The highest BCUT2D eigenvalue weighted by Crippen LogP contribution is 2.53. The van der Waals surface area contributed by atoms with Crippen LogP contribution in [0.5, 0.6) is 5.75 Å². The van der Waals surface area contributed by atoms with Crippen LogP contribution in [0.25, 0.3) is 16.8 Å². The lowest BCUT2D eigenvalue weighted by molar-refractivity contribution is -0.132. The third-order valence-electron chi connectivity index (χ3n) is 5.81. The Labute approximate surface area is 230 Å². The molecule has 0 radical (unpaired) electrons. The first kappa shape index (κ1) is 26.0. The lowest BCUT2D eigenvalue weighted by atomic mass is 9.99. The Bertz CT molecular complexity index is 1470. The molecule has 3 heterocycles. The van der Waals surface area contributed by atoms with Gasteiger partial charge in [-0.25, -0.2) is 14.2 Å². The Morgan fingerprint density at radius 2 is 1.97 bits per heavy atom. The van der Waals surface area contributed by atoms with Crippen LogP contribution >= 0.6 is 46.3 Å². The zero-order chi connectivity index (χ0) is 26.4. The Morgan fingerprint density at radius 1 is 1.24 bits per heavy atom. The standard InChI is InChI=1S/C25H20Cl2FN3O4S2/c1-10(29)20(12-3-13(28)5-14(4-12)35-15-8-34-9-15)22(23(32)33)31-25-30-21-17-7-19(27)18(26)6-16(17)11(2)36-24(21)37-25/h3-7,11,15,29H,8-9H2,1-2H3,(H,30,31)(H,32,33)/b22-20+,29-10?. The van der Waals surface area contributed by atoms with Gasteiger partial charge in [-0.05, 0) is 49.2 Å². The number of fused-ring (bicyclic) bond motifs is 3. The number of carbonyl (C=O) groups is 1. The van der Waals surface area contributed by atoms with Crippen molar-refractivity contribution in [3.05, 3.63) is 63.0 Å². The molecule has 1 unspecified atom stereocenters. The summed E-state index contributed by atoms with van der Waals surface area (Å²) in [5.74, 6) is -1.70. The number of benzene rings is 2. The van der Waals surface area contributed by atoms with Gasteiger partial charge >= 0.3 is 5.97 Å². The van der Waals surface area contributed by atoms with E-state index < -0.39 is 11.8 Å². The van der Waals surface area contributed by atoms with Crippen LogP contribution in [0.15, 0.2) is 40.2 Å². The number of nitrogens with one attached hydrogen (secondary N) is 2. The summed E-state index contributed by atoms with van der Waals surface area (Å²) in [6, 6.07) is 7.50. The Morgan fingerprint density at radius 3 is 2.62 bits per heavy atom. The molecule has 0 amide bonds. The molecule has 3 N–H and O–H groups in total. The van der Waals surface area contributed by atoms with Crippen LogP contribution in [0.4, 0.5) is 9.52 Å². The lowest BCUT2D eigenvalue weighted by Crippen LogP contribution is -2.38. The summed E-state index contributed by atoms with van der Waals surface area (Å²) in [7, 11) is 0. The first-order valence-corrected chi connectivity index (χ1v) is 13.6. The first-order chi connectivity index (χ1) is 17.6. The van der Waals surface area contributed by atoms with E-state index in [1.807, 2.05) is 13.0 Å². The van der Waals surface area contributed by atoms with E-state index in [0.717, 1.165) is 15.3 Å². The molecule has 2 aromatic carbocycles. The van der Waals surface area contributed by atoms with Crippen molar-refractivity contribution in [2.75, 3.05) is 18.5 Å². The fourth-order valence-corrected chi connectivity index (χ4v) is 6.89. The van der Waals surface area contributed by atoms with Crippen LogP contribution in [-0.2, 0) is 9.53 Å². The van der Waals surface area contributed by atoms with Crippen molar-refractivity contribution in [2.24, 2.45) is 0 Å². The number of halogens is 3. The van der Waals surface area contributed by atoms with Crippen LogP contribution in [0, 0.1) is 11.2 Å². The molecule has 12 heteroatoms. The van der Waals surface area contributed by atoms with Gasteiger partial charge in [0.2, 0.25) is 0 Å². The molecule has 7 nitrogen and oxygen atoms in total. The summed E-state index contributed by atoms with van der Waals surface area (Å²) in [6.07, 6.45) is -0.201. The van der Waals surface area contributed by atoms with Gasteiger partial charge in [0.05, 0.1) is 33.2 Å². The van der Waals surface area contributed by atoms with Gasteiger partial charge in [0.1, 0.15) is 23.4 Å². The number of carboxylic acids is 1. The van der Waals surface area contributed by atoms with Crippen LogP contribution < -0.4 is 10.1 Å². The van der Waals surface area contributed by atoms with Crippen LogP contribution in [-0.4, -0.2) is 41.1 Å². The predicted molar refractivity (Wildman–Crippen MR) is 145 cm³/mol. The SMILES string of the molecule is CC(=N)/C(=C(\Nc1nc2c(s1)SC(C)c1cc(Cl)c(Cl)cc1-2)C(=O)O)c1cc(F)cc(OC2COC2)c1. The number of thioether (sulfide) groups is 1.